The predicted octanol–water partition coefficient (Wildman–Crippen LogP) is 0.140. The molecule has 0 aromatic carbocycles. The fourth-order valence-electron chi connectivity index (χ4n) is 2.18. The first-order chi connectivity index (χ1) is 8.70. The van der Waals surface area contributed by atoms with Crippen LogP contribution in [0.2, 0.25) is 0 Å². The lowest BCUT2D eigenvalue weighted by Gasteiger charge is -2.34. The third-order valence-electron chi connectivity index (χ3n) is 3.22. The van der Waals surface area contributed by atoms with E-state index in [1.165, 1.54) is 0 Å². The first-order valence-corrected chi connectivity index (χ1v) is 6.26. The third-order valence-corrected chi connectivity index (χ3v) is 3.22. The Morgan fingerprint density at radius 2 is 2.11 bits per heavy atom. The van der Waals surface area contributed by atoms with Crippen LogP contribution in [0.5, 0.6) is 0 Å². The maximum Gasteiger partial charge on any atom is 0.254 e. The third kappa shape index (κ3) is 3.05. The lowest BCUT2D eigenvalue weighted by molar-refractivity contribution is 0.0615. The molecule has 1 fully saturated rings. The smallest absolute Gasteiger partial charge is 0.254 e. The van der Waals surface area contributed by atoms with Gasteiger partial charge < -0.3 is 10.0 Å². The molecule has 18 heavy (non-hydrogen) atoms. The van der Waals surface area contributed by atoms with Crippen LogP contribution in [0.25, 0.3) is 0 Å². The van der Waals surface area contributed by atoms with Crippen LogP contribution in [0.1, 0.15) is 16.1 Å². The molecule has 1 saturated heterocycles. The first kappa shape index (κ1) is 13.0. The second kappa shape index (κ2) is 5.93. The van der Waals surface area contributed by atoms with Crippen LogP contribution >= 0.6 is 0 Å². The number of carbonyl (C=O) groups is 1. The van der Waals surface area contributed by atoms with E-state index in [1.807, 2.05) is 17.9 Å². The molecule has 5 nitrogen and oxygen atoms in total. The fraction of sp³-hybridized carbons (Fsp3) is 0.538. The van der Waals surface area contributed by atoms with Crippen molar-refractivity contribution in [1.29, 1.82) is 0 Å². The summed E-state index contributed by atoms with van der Waals surface area (Å²) in [5.74, 6) is 0.0733. The molecule has 1 aliphatic heterocycles. The van der Waals surface area contributed by atoms with E-state index in [0.717, 1.165) is 31.9 Å². The molecule has 0 saturated carbocycles. The Balaban J connectivity index is 1.95. The van der Waals surface area contributed by atoms with Crippen molar-refractivity contribution < 1.29 is 9.90 Å². The summed E-state index contributed by atoms with van der Waals surface area (Å²) in [7, 11) is 0. The van der Waals surface area contributed by atoms with Crippen LogP contribution in [0.3, 0.4) is 0 Å². The van der Waals surface area contributed by atoms with Gasteiger partial charge in [0.05, 0.1) is 6.61 Å². The molecule has 1 N–H and O–H groups in total. The molecule has 1 aromatic rings. The number of aromatic nitrogens is 1. The number of pyridine rings is 1. The van der Waals surface area contributed by atoms with Crippen molar-refractivity contribution in [3.63, 3.8) is 0 Å². The average molecular weight is 249 g/mol. The number of amides is 1. The number of β-amino-alcohol motifs (C(OH)–C–C–N with tert-alkyl or cyclic N) is 1. The Labute approximate surface area is 107 Å². The Morgan fingerprint density at radius 3 is 2.72 bits per heavy atom. The van der Waals surface area contributed by atoms with Crippen molar-refractivity contribution in [2.75, 3.05) is 39.3 Å². The Hall–Kier alpha value is -1.46. The summed E-state index contributed by atoms with van der Waals surface area (Å²) < 4.78 is 0. The molecule has 98 valence electrons. The summed E-state index contributed by atoms with van der Waals surface area (Å²) in [6.45, 7) is 5.86. The molecule has 1 amide bonds. The van der Waals surface area contributed by atoms with Crippen molar-refractivity contribution in [3.8, 4) is 0 Å². The maximum absolute atomic E-state index is 12.2. The van der Waals surface area contributed by atoms with Crippen LogP contribution in [0.4, 0.5) is 0 Å². The monoisotopic (exact) mass is 249 g/mol. The maximum atomic E-state index is 12.2. The lowest BCUT2D eigenvalue weighted by atomic mass is 10.2. The number of piperazine rings is 1. The van der Waals surface area contributed by atoms with Crippen molar-refractivity contribution in [2.45, 2.75) is 6.92 Å². The molecule has 0 bridgehead atoms. The minimum Gasteiger partial charge on any atom is -0.395 e. The van der Waals surface area contributed by atoms with Crippen molar-refractivity contribution in [2.24, 2.45) is 0 Å². The molecule has 1 aliphatic rings. The van der Waals surface area contributed by atoms with Crippen LogP contribution in [-0.2, 0) is 0 Å². The Kier molecular flexibility index (Phi) is 4.28. The van der Waals surface area contributed by atoms with Gasteiger partial charge in [0.2, 0.25) is 0 Å². The van der Waals surface area contributed by atoms with Gasteiger partial charge in [-0.2, -0.15) is 0 Å². The molecule has 5 heteroatoms. The zero-order valence-corrected chi connectivity index (χ0v) is 10.7. The van der Waals surface area contributed by atoms with Crippen molar-refractivity contribution in [1.82, 2.24) is 14.8 Å². The normalized spacial score (nSPS) is 16.9. The first-order valence-electron chi connectivity index (χ1n) is 6.26. The van der Waals surface area contributed by atoms with E-state index < -0.39 is 0 Å². The quantitative estimate of drug-likeness (QED) is 0.828. The number of carbonyl (C=O) groups excluding carboxylic acids is 1. The topological polar surface area (TPSA) is 56.7 Å². The average Bonchev–Trinajstić information content (AvgIpc) is 2.39. The second-order valence-electron chi connectivity index (χ2n) is 4.54. The standard InChI is InChI=1S/C13H19N3O2/c1-11-10-12(2-3-14-11)13(18)16-6-4-15(5-7-16)8-9-17/h2-3,10,17H,4-9H2,1H3. The summed E-state index contributed by atoms with van der Waals surface area (Å²) in [6.07, 6.45) is 1.67. The van der Waals surface area contributed by atoms with E-state index in [2.05, 4.69) is 9.88 Å². The molecule has 0 atom stereocenters. The summed E-state index contributed by atoms with van der Waals surface area (Å²) in [6, 6.07) is 3.58. The van der Waals surface area contributed by atoms with Gasteiger partial charge in [-0.05, 0) is 19.1 Å². The molecular weight excluding hydrogens is 230 g/mol. The number of aliphatic hydroxyl groups excluding tert-OH is 1. The fourth-order valence-corrected chi connectivity index (χ4v) is 2.18. The number of hydrogen-bond acceptors (Lipinski definition) is 4. The number of rotatable bonds is 3. The number of nitrogens with zero attached hydrogens (tertiary/aromatic N) is 3. The lowest BCUT2D eigenvalue weighted by Crippen LogP contribution is -2.49. The van der Waals surface area contributed by atoms with Gasteiger partial charge >= 0.3 is 0 Å². The predicted molar refractivity (Wildman–Crippen MR) is 68.4 cm³/mol. The van der Waals surface area contributed by atoms with Gasteiger partial charge in [0.15, 0.2) is 0 Å². The van der Waals surface area contributed by atoms with Gasteiger partial charge in [0.25, 0.3) is 5.91 Å². The summed E-state index contributed by atoms with van der Waals surface area (Å²) in [5.41, 5.74) is 1.57. The second-order valence-corrected chi connectivity index (χ2v) is 4.54. The summed E-state index contributed by atoms with van der Waals surface area (Å²) in [4.78, 5) is 20.4. The summed E-state index contributed by atoms with van der Waals surface area (Å²) in [5, 5.41) is 8.87. The van der Waals surface area contributed by atoms with Crippen molar-refractivity contribution >= 4 is 5.91 Å². The van der Waals surface area contributed by atoms with Gasteiger partial charge in [-0.1, -0.05) is 0 Å². The van der Waals surface area contributed by atoms with E-state index in [-0.39, 0.29) is 12.5 Å². The van der Waals surface area contributed by atoms with E-state index in [9.17, 15) is 4.79 Å². The molecule has 1 aromatic heterocycles. The van der Waals surface area contributed by atoms with E-state index >= 15 is 0 Å². The highest BCUT2D eigenvalue weighted by Gasteiger charge is 2.21. The molecule has 0 spiro atoms. The minimum absolute atomic E-state index is 0.0733. The van der Waals surface area contributed by atoms with Gasteiger partial charge in [-0.15, -0.1) is 0 Å². The Bertz CT molecular complexity index is 414. The van der Waals surface area contributed by atoms with Crippen LogP contribution in [-0.4, -0.2) is 65.1 Å². The zero-order valence-electron chi connectivity index (χ0n) is 10.7. The number of aryl methyl sites for hydroxylation is 1. The van der Waals surface area contributed by atoms with Crippen LogP contribution in [0, 0.1) is 6.92 Å². The van der Waals surface area contributed by atoms with Gasteiger partial charge in [-0.3, -0.25) is 14.7 Å². The van der Waals surface area contributed by atoms with E-state index in [0.29, 0.717) is 12.1 Å². The number of aliphatic hydroxyl groups is 1. The molecular formula is C13H19N3O2. The van der Waals surface area contributed by atoms with E-state index in [4.69, 9.17) is 5.11 Å². The molecule has 0 unspecified atom stereocenters. The summed E-state index contributed by atoms with van der Waals surface area (Å²) >= 11 is 0. The number of hydrogen-bond donors (Lipinski definition) is 1. The molecule has 2 rings (SSSR count). The molecule has 0 radical (unpaired) electrons. The molecule has 0 aliphatic carbocycles. The highest BCUT2D eigenvalue weighted by molar-refractivity contribution is 5.94. The largest absolute Gasteiger partial charge is 0.395 e. The minimum atomic E-state index is 0.0733. The van der Waals surface area contributed by atoms with E-state index in [1.54, 1.807) is 12.3 Å². The molecule has 2 heterocycles. The van der Waals surface area contributed by atoms with Gasteiger partial charge in [0.1, 0.15) is 0 Å². The Morgan fingerprint density at radius 1 is 1.39 bits per heavy atom. The van der Waals surface area contributed by atoms with Crippen LogP contribution in [0.15, 0.2) is 18.3 Å². The highest BCUT2D eigenvalue weighted by Crippen LogP contribution is 2.09. The SMILES string of the molecule is Cc1cc(C(=O)N2CCN(CCO)CC2)ccn1. The van der Waals surface area contributed by atoms with Crippen molar-refractivity contribution in [3.05, 3.63) is 29.6 Å². The van der Waals surface area contributed by atoms with Gasteiger partial charge in [0, 0.05) is 50.2 Å². The highest BCUT2D eigenvalue weighted by atomic mass is 16.3. The zero-order chi connectivity index (χ0) is 13.0. The van der Waals surface area contributed by atoms with Gasteiger partial charge in [-0.25, -0.2) is 0 Å². The van der Waals surface area contributed by atoms with Crippen LogP contribution < -0.4 is 0 Å².